The molecule has 2 aliphatic heterocycles. The normalized spacial score (nSPS) is 20.5. The molecule has 0 bridgehead atoms. The summed E-state index contributed by atoms with van der Waals surface area (Å²) in [5.41, 5.74) is 0.978. The van der Waals surface area contributed by atoms with Gasteiger partial charge in [0.15, 0.2) is 11.5 Å². The number of likely N-dealkylation sites (tertiary alicyclic amines) is 1. The highest BCUT2D eigenvalue weighted by atomic mass is 16.7. The monoisotopic (exact) mass is 277 g/mol. The largest absolute Gasteiger partial charge is 0.481 e. The third-order valence-electron chi connectivity index (χ3n) is 3.69. The van der Waals surface area contributed by atoms with Gasteiger partial charge in [0.25, 0.3) is 0 Å². The summed E-state index contributed by atoms with van der Waals surface area (Å²) < 4.78 is 10.7. The van der Waals surface area contributed by atoms with Crippen molar-refractivity contribution in [3.8, 4) is 11.5 Å². The number of aliphatic carboxylic acids is 1. The second-order valence-electron chi connectivity index (χ2n) is 4.98. The van der Waals surface area contributed by atoms with E-state index in [2.05, 4.69) is 0 Å². The molecule has 2 heterocycles. The number of ether oxygens (including phenoxy) is 2. The molecule has 0 aliphatic carbocycles. The van der Waals surface area contributed by atoms with Crippen molar-refractivity contribution in [1.29, 1.82) is 0 Å². The molecule has 0 spiro atoms. The molecule has 2 aliphatic rings. The number of carboxylic acid groups (broad SMARTS) is 1. The van der Waals surface area contributed by atoms with Crippen molar-refractivity contribution >= 4 is 11.9 Å². The molecule has 1 saturated heterocycles. The predicted octanol–water partition coefficient (Wildman–Crippen LogP) is 0.891. The van der Waals surface area contributed by atoms with Crippen molar-refractivity contribution in [2.24, 2.45) is 5.92 Å². The van der Waals surface area contributed by atoms with E-state index in [1.54, 1.807) is 4.90 Å². The average molecular weight is 277 g/mol. The highest BCUT2D eigenvalue weighted by molar-refractivity contribution is 5.86. The molecule has 1 fully saturated rings. The van der Waals surface area contributed by atoms with Gasteiger partial charge in [0.2, 0.25) is 12.7 Å². The number of hydrogen-bond donors (Lipinski definition) is 1. The van der Waals surface area contributed by atoms with Crippen LogP contribution in [-0.4, -0.2) is 41.8 Å². The van der Waals surface area contributed by atoms with E-state index in [0.717, 1.165) is 17.1 Å². The van der Waals surface area contributed by atoms with Crippen molar-refractivity contribution in [1.82, 2.24) is 4.90 Å². The van der Waals surface area contributed by atoms with E-state index in [-0.39, 0.29) is 19.1 Å². The summed E-state index contributed by atoms with van der Waals surface area (Å²) in [5, 5.41) is 8.95. The standard InChI is InChI=1S/C14H15NO5/c16-12-6-10(14(17)18)7-15(12)5-4-9-2-1-3-11-13(9)20-8-19-11/h1-3,10H,4-8H2,(H,17,18). The lowest BCUT2D eigenvalue weighted by molar-refractivity contribution is -0.141. The summed E-state index contributed by atoms with van der Waals surface area (Å²) in [6.45, 7) is 1.01. The molecule has 20 heavy (non-hydrogen) atoms. The third kappa shape index (κ3) is 2.29. The fourth-order valence-electron chi connectivity index (χ4n) is 2.60. The number of rotatable bonds is 4. The number of para-hydroxylation sites is 1. The van der Waals surface area contributed by atoms with Gasteiger partial charge in [-0.25, -0.2) is 0 Å². The Kier molecular flexibility index (Phi) is 3.22. The first kappa shape index (κ1) is 12.8. The first-order chi connectivity index (χ1) is 9.65. The SMILES string of the molecule is O=C(O)C1CC(=O)N(CCc2cccc3c2OCO3)C1. The van der Waals surface area contributed by atoms with E-state index >= 15 is 0 Å². The van der Waals surface area contributed by atoms with Gasteiger partial charge in [0.1, 0.15) is 0 Å². The number of carbonyl (C=O) groups excluding carboxylic acids is 1. The Bertz CT molecular complexity index is 556. The van der Waals surface area contributed by atoms with Crippen LogP contribution in [0.25, 0.3) is 0 Å². The molecular formula is C14H15NO5. The molecule has 106 valence electrons. The van der Waals surface area contributed by atoms with Crippen LogP contribution in [0.5, 0.6) is 11.5 Å². The zero-order chi connectivity index (χ0) is 14.1. The highest BCUT2D eigenvalue weighted by Crippen LogP contribution is 2.35. The Labute approximate surface area is 115 Å². The number of nitrogens with zero attached hydrogens (tertiary/aromatic N) is 1. The maximum absolute atomic E-state index is 11.8. The third-order valence-corrected chi connectivity index (χ3v) is 3.69. The van der Waals surface area contributed by atoms with Crippen LogP contribution in [0.15, 0.2) is 18.2 Å². The van der Waals surface area contributed by atoms with Gasteiger partial charge < -0.3 is 19.5 Å². The first-order valence-electron chi connectivity index (χ1n) is 6.53. The van der Waals surface area contributed by atoms with Crippen LogP contribution >= 0.6 is 0 Å². The van der Waals surface area contributed by atoms with E-state index < -0.39 is 11.9 Å². The second kappa shape index (κ2) is 5.03. The van der Waals surface area contributed by atoms with Crippen molar-refractivity contribution in [3.63, 3.8) is 0 Å². The van der Waals surface area contributed by atoms with Gasteiger partial charge in [-0.15, -0.1) is 0 Å². The van der Waals surface area contributed by atoms with E-state index in [9.17, 15) is 9.59 Å². The van der Waals surface area contributed by atoms with Crippen molar-refractivity contribution in [3.05, 3.63) is 23.8 Å². The van der Waals surface area contributed by atoms with Crippen molar-refractivity contribution in [2.45, 2.75) is 12.8 Å². The number of benzene rings is 1. The first-order valence-corrected chi connectivity index (χ1v) is 6.53. The van der Waals surface area contributed by atoms with Crippen molar-refractivity contribution in [2.75, 3.05) is 19.9 Å². The summed E-state index contributed by atoms with van der Waals surface area (Å²) in [6, 6.07) is 5.66. The van der Waals surface area contributed by atoms with Gasteiger partial charge in [0.05, 0.1) is 5.92 Å². The Morgan fingerprint density at radius 1 is 1.40 bits per heavy atom. The molecule has 1 unspecified atom stereocenters. The summed E-state index contributed by atoms with van der Waals surface area (Å²) >= 11 is 0. The van der Waals surface area contributed by atoms with E-state index in [4.69, 9.17) is 14.6 Å². The van der Waals surface area contributed by atoms with E-state index in [1.165, 1.54) is 0 Å². The van der Waals surface area contributed by atoms with Gasteiger partial charge in [-0.1, -0.05) is 12.1 Å². The molecule has 1 atom stereocenters. The summed E-state index contributed by atoms with van der Waals surface area (Å²) in [6.07, 6.45) is 0.729. The summed E-state index contributed by atoms with van der Waals surface area (Å²) in [5.74, 6) is -0.128. The van der Waals surface area contributed by atoms with Crippen LogP contribution in [0.1, 0.15) is 12.0 Å². The van der Waals surface area contributed by atoms with Crippen LogP contribution in [0, 0.1) is 5.92 Å². The summed E-state index contributed by atoms with van der Waals surface area (Å²) in [7, 11) is 0. The number of fused-ring (bicyclic) bond motifs is 1. The fourth-order valence-corrected chi connectivity index (χ4v) is 2.60. The van der Waals surface area contributed by atoms with Gasteiger partial charge in [0, 0.05) is 19.5 Å². The minimum atomic E-state index is -0.904. The van der Waals surface area contributed by atoms with Gasteiger partial charge in [-0.05, 0) is 18.1 Å². The number of carbonyl (C=O) groups is 2. The smallest absolute Gasteiger partial charge is 0.308 e. The van der Waals surface area contributed by atoms with Crippen LogP contribution in [-0.2, 0) is 16.0 Å². The minimum Gasteiger partial charge on any atom is -0.481 e. The molecule has 1 amide bonds. The molecule has 0 aromatic heterocycles. The summed E-state index contributed by atoms with van der Waals surface area (Å²) in [4.78, 5) is 24.3. The molecule has 1 aromatic rings. The zero-order valence-corrected chi connectivity index (χ0v) is 10.9. The van der Waals surface area contributed by atoms with Gasteiger partial charge in [-0.2, -0.15) is 0 Å². The Hall–Kier alpha value is -2.24. The maximum Gasteiger partial charge on any atom is 0.308 e. The molecule has 6 nitrogen and oxygen atoms in total. The molecule has 1 aromatic carbocycles. The van der Waals surface area contributed by atoms with Crippen LogP contribution in [0.3, 0.4) is 0 Å². The lowest BCUT2D eigenvalue weighted by Crippen LogP contribution is -2.28. The lowest BCUT2D eigenvalue weighted by atomic mass is 10.1. The number of carboxylic acids is 1. The fraction of sp³-hybridized carbons (Fsp3) is 0.429. The van der Waals surface area contributed by atoms with Crippen LogP contribution in [0.2, 0.25) is 0 Å². The Balaban J connectivity index is 1.65. The molecule has 0 radical (unpaired) electrons. The van der Waals surface area contributed by atoms with Crippen LogP contribution in [0.4, 0.5) is 0 Å². The van der Waals surface area contributed by atoms with Gasteiger partial charge in [-0.3, -0.25) is 9.59 Å². The topological polar surface area (TPSA) is 76.1 Å². The van der Waals surface area contributed by atoms with E-state index in [0.29, 0.717) is 19.5 Å². The Morgan fingerprint density at radius 2 is 2.25 bits per heavy atom. The quantitative estimate of drug-likeness (QED) is 0.884. The predicted molar refractivity (Wildman–Crippen MR) is 68.6 cm³/mol. The Morgan fingerprint density at radius 3 is 3.00 bits per heavy atom. The molecule has 1 N–H and O–H groups in total. The minimum absolute atomic E-state index is 0.0952. The molecule has 0 saturated carbocycles. The maximum atomic E-state index is 11.8. The molecule has 6 heteroatoms. The molecular weight excluding hydrogens is 262 g/mol. The lowest BCUT2D eigenvalue weighted by Gasteiger charge is -2.16. The number of amides is 1. The highest BCUT2D eigenvalue weighted by Gasteiger charge is 2.34. The van der Waals surface area contributed by atoms with E-state index in [1.807, 2.05) is 18.2 Å². The van der Waals surface area contributed by atoms with Crippen molar-refractivity contribution < 1.29 is 24.2 Å². The number of hydrogen-bond acceptors (Lipinski definition) is 4. The average Bonchev–Trinajstić information content (AvgIpc) is 3.03. The van der Waals surface area contributed by atoms with Gasteiger partial charge >= 0.3 is 5.97 Å². The second-order valence-corrected chi connectivity index (χ2v) is 4.98. The van der Waals surface area contributed by atoms with Crippen LogP contribution < -0.4 is 9.47 Å². The zero-order valence-electron chi connectivity index (χ0n) is 10.9. The molecule has 3 rings (SSSR count).